The minimum atomic E-state index is -0.402. The van der Waals surface area contributed by atoms with Crippen LogP contribution < -0.4 is 0 Å². The molecule has 0 radical (unpaired) electrons. The van der Waals surface area contributed by atoms with Crippen molar-refractivity contribution in [3.05, 3.63) is 42.8 Å². The summed E-state index contributed by atoms with van der Waals surface area (Å²) in [4.78, 5) is 0. The van der Waals surface area contributed by atoms with Crippen LogP contribution in [-0.2, 0) is 26.2 Å². The van der Waals surface area contributed by atoms with Crippen LogP contribution in [0, 0.1) is 6.92 Å². The Morgan fingerprint density at radius 2 is 1.82 bits per heavy atom. The second-order valence-electron chi connectivity index (χ2n) is 2.22. The van der Waals surface area contributed by atoms with E-state index in [2.05, 4.69) is 6.92 Å². The summed E-state index contributed by atoms with van der Waals surface area (Å²) in [5.41, 5.74) is 0.942. The van der Waals surface area contributed by atoms with Gasteiger partial charge in [0, 0.05) is 26.2 Å². The zero-order valence-electron chi connectivity index (χ0n) is 6.33. The number of rotatable bonds is 2. The summed E-state index contributed by atoms with van der Waals surface area (Å²) < 4.78 is 0. The molecule has 0 fully saturated rings. The molecule has 1 unspecified atom stereocenters. The molecule has 1 rings (SSSR count). The van der Waals surface area contributed by atoms with Crippen LogP contribution in [0.1, 0.15) is 18.1 Å². The molecule has 0 amide bonds. The van der Waals surface area contributed by atoms with Gasteiger partial charge in [0.25, 0.3) is 0 Å². The largest absolute Gasteiger partial charge is 0.391 e. The van der Waals surface area contributed by atoms with E-state index in [0.29, 0.717) is 6.42 Å². The smallest absolute Gasteiger partial charge is 0.0519 e. The first-order chi connectivity index (χ1) is 4.84. The van der Waals surface area contributed by atoms with E-state index in [4.69, 9.17) is 0 Å². The van der Waals surface area contributed by atoms with E-state index in [1.54, 1.807) is 0 Å². The monoisotopic (exact) mass is 225 g/mol. The van der Waals surface area contributed by atoms with Crippen molar-refractivity contribution in [1.29, 1.82) is 0 Å². The second kappa shape index (κ2) is 5.68. The van der Waals surface area contributed by atoms with Gasteiger partial charge >= 0.3 is 0 Å². The molecule has 1 nitrogen and oxygen atoms in total. The average Bonchev–Trinajstić information content (AvgIpc) is 2.05. The normalized spacial score (nSPS) is 11.8. The van der Waals surface area contributed by atoms with Gasteiger partial charge in [0.2, 0.25) is 0 Å². The van der Waals surface area contributed by atoms with Crippen LogP contribution in [-0.4, -0.2) is 5.11 Å². The Balaban J connectivity index is 0.000001000. The Morgan fingerprint density at radius 1 is 1.27 bits per heavy atom. The van der Waals surface area contributed by atoms with E-state index in [9.17, 15) is 5.11 Å². The summed E-state index contributed by atoms with van der Waals surface area (Å²) in [7, 11) is 0. The van der Waals surface area contributed by atoms with Gasteiger partial charge in [0.15, 0.2) is 0 Å². The van der Waals surface area contributed by atoms with Crippen molar-refractivity contribution < 1.29 is 31.3 Å². The molecule has 0 heterocycles. The van der Waals surface area contributed by atoms with Gasteiger partial charge in [-0.1, -0.05) is 30.3 Å². The van der Waals surface area contributed by atoms with Crippen molar-refractivity contribution in [2.75, 3.05) is 0 Å². The molecule has 0 saturated heterocycles. The molecule has 0 saturated carbocycles. The molecule has 1 aromatic carbocycles. The maximum atomic E-state index is 9.27. The zero-order valence-corrected chi connectivity index (χ0v) is 8.78. The predicted octanol–water partition coefficient (Wildman–Crippen LogP) is 1.94. The van der Waals surface area contributed by atoms with E-state index in [0.717, 1.165) is 5.56 Å². The number of hydrogen-bond donors (Lipinski definition) is 1. The molecule has 0 aliphatic carbocycles. The molecule has 2 heteroatoms. The molecular formula is C9H11OZr-. The molecule has 1 aromatic rings. The summed E-state index contributed by atoms with van der Waals surface area (Å²) >= 11 is 0. The fourth-order valence-corrected chi connectivity index (χ4v) is 0.842. The third-order valence-corrected chi connectivity index (χ3v) is 1.46. The average molecular weight is 226 g/mol. The molecule has 0 aromatic heterocycles. The van der Waals surface area contributed by atoms with Crippen molar-refractivity contribution in [3.8, 4) is 0 Å². The standard InChI is InChI=1S/C9H11O.Zr/c1-2-9(10)8-6-4-3-5-7-8;/h3-7,9-10H,1-2H2;/q-1;. The Kier molecular flexibility index (Phi) is 5.71. The van der Waals surface area contributed by atoms with Crippen molar-refractivity contribution >= 4 is 0 Å². The van der Waals surface area contributed by atoms with Gasteiger partial charge in [-0.05, 0) is 5.56 Å². The Labute approximate surface area is 86.6 Å². The van der Waals surface area contributed by atoms with E-state index in [1.165, 1.54) is 0 Å². The van der Waals surface area contributed by atoms with Gasteiger partial charge in [-0.25, -0.2) is 0 Å². The molecule has 58 valence electrons. The quantitative estimate of drug-likeness (QED) is 0.764. The first-order valence-electron chi connectivity index (χ1n) is 3.37. The summed E-state index contributed by atoms with van der Waals surface area (Å²) in [5.74, 6) is 0. The third kappa shape index (κ3) is 3.31. The van der Waals surface area contributed by atoms with Crippen molar-refractivity contribution in [2.24, 2.45) is 0 Å². The van der Waals surface area contributed by atoms with E-state index < -0.39 is 6.10 Å². The van der Waals surface area contributed by atoms with Gasteiger partial charge < -0.3 is 12.0 Å². The van der Waals surface area contributed by atoms with E-state index in [-0.39, 0.29) is 26.2 Å². The maximum absolute atomic E-state index is 9.27. The van der Waals surface area contributed by atoms with Crippen LogP contribution >= 0.6 is 0 Å². The van der Waals surface area contributed by atoms with Crippen LogP contribution in [0.25, 0.3) is 0 Å². The molecule has 1 atom stereocenters. The topological polar surface area (TPSA) is 20.2 Å². The maximum Gasteiger partial charge on any atom is 0.0519 e. The minimum absolute atomic E-state index is 0. The van der Waals surface area contributed by atoms with Crippen LogP contribution in [0.15, 0.2) is 30.3 Å². The number of hydrogen-bond acceptors (Lipinski definition) is 1. The number of aliphatic hydroxyl groups is 1. The fraction of sp³-hybridized carbons (Fsp3) is 0.222. The van der Waals surface area contributed by atoms with Gasteiger partial charge in [-0.2, -0.15) is 6.42 Å². The van der Waals surface area contributed by atoms with Gasteiger partial charge in [0.05, 0.1) is 6.10 Å². The van der Waals surface area contributed by atoms with Crippen LogP contribution in [0.4, 0.5) is 0 Å². The molecule has 0 aliphatic rings. The van der Waals surface area contributed by atoms with Crippen LogP contribution in [0.2, 0.25) is 0 Å². The summed E-state index contributed by atoms with van der Waals surface area (Å²) in [5, 5.41) is 9.27. The van der Waals surface area contributed by atoms with E-state index in [1.807, 2.05) is 30.3 Å². The van der Waals surface area contributed by atoms with Crippen molar-refractivity contribution in [2.45, 2.75) is 12.5 Å². The molecular weight excluding hydrogens is 215 g/mol. The molecule has 11 heavy (non-hydrogen) atoms. The minimum Gasteiger partial charge on any atom is -0.391 e. The molecule has 0 aliphatic heterocycles. The Hall–Kier alpha value is 0.0631. The Bertz CT molecular complexity index is 186. The van der Waals surface area contributed by atoms with Crippen LogP contribution in [0.3, 0.4) is 0 Å². The SMILES string of the molecule is [CH2-]CC(O)c1ccccc1.[Zr]. The van der Waals surface area contributed by atoms with Crippen LogP contribution in [0.5, 0.6) is 0 Å². The number of benzene rings is 1. The zero-order chi connectivity index (χ0) is 7.40. The first-order valence-corrected chi connectivity index (χ1v) is 3.37. The summed E-state index contributed by atoms with van der Waals surface area (Å²) in [6.45, 7) is 3.61. The predicted molar refractivity (Wildman–Crippen MR) is 41.4 cm³/mol. The third-order valence-electron chi connectivity index (χ3n) is 1.46. The number of aliphatic hydroxyl groups excluding tert-OH is 1. The molecule has 0 spiro atoms. The van der Waals surface area contributed by atoms with Crippen molar-refractivity contribution in [3.63, 3.8) is 0 Å². The molecule has 0 bridgehead atoms. The first kappa shape index (κ1) is 11.1. The van der Waals surface area contributed by atoms with Crippen molar-refractivity contribution in [1.82, 2.24) is 0 Å². The van der Waals surface area contributed by atoms with Gasteiger partial charge in [0.1, 0.15) is 0 Å². The van der Waals surface area contributed by atoms with Gasteiger partial charge in [-0.3, -0.25) is 0 Å². The fourth-order valence-electron chi connectivity index (χ4n) is 0.842. The summed E-state index contributed by atoms with van der Waals surface area (Å²) in [6.07, 6.45) is 0.130. The molecule has 1 N–H and O–H groups in total. The van der Waals surface area contributed by atoms with E-state index >= 15 is 0 Å². The summed E-state index contributed by atoms with van der Waals surface area (Å²) in [6, 6.07) is 9.55. The second-order valence-corrected chi connectivity index (χ2v) is 2.22. The van der Waals surface area contributed by atoms with Gasteiger partial charge in [-0.15, -0.1) is 0 Å². The Morgan fingerprint density at radius 3 is 2.27 bits per heavy atom.